The van der Waals surface area contributed by atoms with E-state index in [1.54, 1.807) is 0 Å². The Morgan fingerprint density at radius 1 is 0.784 bits per heavy atom. The summed E-state index contributed by atoms with van der Waals surface area (Å²) in [5.41, 5.74) is 0.451. The second-order valence-electron chi connectivity index (χ2n) is 10.6. The van der Waals surface area contributed by atoms with Crippen molar-refractivity contribution in [1.29, 1.82) is 0 Å². The van der Waals surface area contributed by atoms with Crippen LogP contribution in [0.2, 0.25) is 0 Å². The number of hydrogen-bond acceptors (Lipinski definition) is 2. The highest BCUT2D eigenvalue weighted by atomic mass is 19.4. The van der Waals surface area contributed by atoms with E-state index in [1.165, 1.54) is 50.7 Å². The number of benzene rings is 2. The third-order valence-corrected chi connectivity index (χ3v) is 8.15. The normalized spacial score (nSPS) is 24.6. The van der Waals surface area contributed by atoms with Crippen LogP contribution in [0, 0.1) is 35.2 Å². The maximum absolute atomic E-state index is 14.8. The second-order valence-corrected chi connectivity index (χ2v) is 10.6. The minimum Gasteiger partial charge on any atom is -0.483 e. The van der Waals surface area contributed by atoms with Gasteiger partial charge in [-0.15, -0.1) is 13.2 Å². The largest absolute Gasteiger partial charge is 0.573 e. The number of ether oxygens (including phenoxy) is 2. The summed E-state index contributed by atoms with van der Waals surface area (Å²) in [7, 11) is 0. The number of alkyl halides is 3. The maximum atomic E-state index is 14.8. The SMILES string of the molecule is CCCC1CCC(C2CCC(c3cc(F)c(OCc4ccc(OC(F)(F)F)cc4F)c(F)c3)CC2)CC1. The zero-order chi connectivity index (χ0) is 26.6. The van der Waals surface area contributed by atoms with Gasteiger partial charge >= 0.3 is 6.36 Å². The van der Waals surface area contributed by atoms with Gasteiger partial charge in [0.15, 0.2) is 17.4 Å². The Morgan fingerprint density at radius 3 is 1.92 bits per heavy atom. The molecule has 204 valence electrons. The zero-order valence-corrected chi connectivity index (χ0v) is 21.1. The van der Waals surface area contributed by atoms with E-state index in [-0.39, 0.29) is 11.5 Å². The maximum Gasteiger partial charge on any atom is 0.573 e. The minimum absolute atomic E-state index is 0.0874. The molecule has 0 spiro atoms. The molecular weight excluding hydrogens is 494 g/mol. The molecule has 0 saturated heterocycles. The highest BCUT2D eigenvalue weighted by Gasteiger charge is 2.32. The van der Waals surface area contributed by atoms with Gasteiger partial charge in [0.25, 0.3) is 0 Å². The Labute approximate surface area is 214 Å². The van der Waals surface area contributed by atoms with Crippen LogP contribution in [-0.4, -0.2) is 6.36 Å². The van der Waals surface area contributed by atoms with Gasteiger partial charge in [-0.25, -0.2) is 13.2 Å². The Morgan fingerprint density at radius 2 is 1.38 bits per heavy atom. The van der Waals surface area contributed by atoms with E-state index >= 15 is 0 Å². The van der Waals surface area contributed by atoms with Crippen LogP contribution < -0.4 is 9.47 Å². The monoisotopic (exact) mass is 528 g/mol. The first-order valence-corrected chi connectivity index (χ1v) is 13.3. The average molecular weight is 529 g/mol. The standard InChI is InChI=1S/C29H34F6O2/c1-2-3-18-4-6-19(7-5-18)20-8-10-21(11-9-20)23-14-26(31)28(27(32)15-23)36-17-22-12-13-24(16-25(22)30)37-29(33,34)35/h12-16,18-21H,2-11,17H2,1H3. The zero-order valence-electron chi connectivity index (χ0n) is 21.1. The molecule has 0 unspecified atom stereocenters. The third kappa shape index (κ3) is 7.35. The lowest BCUT2D eigenvalue weighted by Crippen LogP contribution is -2.25. The van der Waals surface area contributed by atoms with Gasteiger partial charge in [-0.3, -0.25) is 0 Å². The molecule has 0 bridgehead atoms. The van der Waals surface area contributed by atoms with Crippen molar-refractivity contribution in [1.82, 2.24) is 0 Å². The van der Waals surface area contributed by atoms with Crippen LogP contribution in [0.25, 0.3) is 0 Å². The number of hydrogen-bond donors (Lipinski definition) is 0. The van der Waals surface area contributed by atoms with Gasteiger partial charge in [0, 0.05) is 11.6 Å². The molecule has 0 radical (unpaired) electrons. The van der Waals surface area contributed by atoms with Gasteiger partial charge in [-0.1, -0.05) is 32.6 Å². The first kappa shape index (κ1) is 27.6. The lowest BCUT2D eigenvalue weighted by Gasteiger charge is -2.38. The molecule has 2 fully saturated rings. The molecule has 4 rings (SSSR count). The summed E-state index contributed by atoms with van der Waals surface area (Å²) in [6.07, 6.45) is 6.82. The van der Waals surface area contributed by atoms with Crippen LogP contribution >= 0.6 is 0 Å². The Kier molecular flexibility index (Phi) is 8.96. The van der Waals surface area contributed by atoms with E-state index in [1.807, 2.05) is 0 Å². The van der Waals surface area contributed by atoms with E-state index in [0.717, 1.165) is 49.7 Å². The molecule has 2 saturated carbocycles. The van der Waals surface area contributed by atoms with Crippen LogP contribution in [0.15, 0.2) is 30.3 Å². The topological polar surface area (TPSA) is 18.5 Å². The second kappa shape index (κ2) is 12.0. The van der Waals surface area contributed by atoms with E-state index in [2.05, 4.69) is 11.7 Å². The van der Waals surface area contributed by atoms with Gasteiger partial charge in [0.05, 0.1) is 0 Å². The van der Waals surface area contributed by atoms with E-state index in [0.29, 0.717) is 17.5 Å². The third-order valence-electron chi connectivity index (χ3n) is 8.15. The van der Waals surface area contributed by atoms with Crippen molar-refractivity contribution in [2.75, 3.05) is 0 Å². The quantitative estimate of drug-likeness (QED) is 0.318. The highest BCUT2D eigenvalue weighted by molar-refractivity contribution is 5.34. The molecule has 8 heteroatoms. The molecule has 0 atom stereocenters. The summed E-state index contributed by atoms with van der Waals surface area (Å²) >= 11 is 0. The Bertz CT molecular complexity index is 1010. The minimum atomic E-state index is -4.95. The molecule has 0 aromatic heterocycles. The Hall–Kier alpha value is -2.38. The van der Waals surface area contributed by atoms with Gasteiger partial charge in [0.2, 0.25) is 0 Å². The van der Waals surface area contributed by atoms with E-state index in [4.69, 9.17) is 4.74 Å². The lowest BCUT2D eigenvalue weighted by atomic mass is 9.68. The molecule has 2 aromatic rings. The fourth-order valence-electron chi connectivity index (χ4n) is 6.23. The average Bonchev–Trinajstić information content (AvgIpc) is 2.84. The molecule has 0 N–H and O–H groups in total. The fourth-order valence-corrected chi connectivity index (χ4v) is 6.23. The summed E-state index contributed by atoms with van der Waals surface area (Å²) in [6.45, 7) is 1.70. The smallest absolute Gasteiger partial charge is 0.483 e. The number of halogens is 6. The summed E-state index contributed by atoms with van der Waals surface area (Å²) in [5, 5.41) is 0. The van der Waals surface area contributed by atoms with E-state index in [9.17, 15) is 26.3 Å². The van der Waals surface area contributed by atoms with Crippen LogP contribution in [-0.2, 0) is 6.61 Å². The highest BCUT2D eigenvalue weighted by Crippen LogP contribution is 2.45. The van der Waals surface area contributed by atoms with Gasteiger partial charge < -0.3 is 9.47 Å². The predicted octanol–water partition coefficient (Wildman–Crippen LogP) is 9.46. The fraction of sp³-hybridized carbons (Fsp3) is 0.586. The molecule has 0 heterocycles. The summed E-state index contributed by atoms with van der Waals surface area (Å²) in [5.74, 6) is -1.70. The molecule has 2 nitrogen and oxygen atoms in total. The summed E-state index contributed by atoms with van der Waals surface area (Å²) in [4.78, 5) is 0. The van der Waals surface area contributed by atoms with Crippen molar-refractivity contribution in [3.63, 3.8) is 0 Å². The van der Waals surface area contributed by atoms with Crippen molar-refractivity contribution in [2.45, 2.75) is 90.0 Å². The van der Waals surface area contributed by atoms with Gasteiger partial charge in [0.1, 0.15) is 18.2 Å². The molecule has 2 aromatic carbocycles. The molecule has 2 aliphatic rings. The van der Waals surface area contributed by atoms with Gasteiger partial charge in [-0.2, -0.15) is 0 Å². The van der Waals surface area contributed by atoms with Crippen molar-refractivity contribution < 1.29 is 35.8 Å². The number of rotatable bonds is 8. The van der Waals surface area contributed by atoms with Crippen LogP contribution in [0.1, 0.15) is 88.2 Å². The first-order chi connectivity index (χ1) is 17.6. The summed E-state index contributed by atoms with van der Waals surface area (Å²) in [6, 6.07) is 5.06. The van der Waals surface area contributed by atoms with Crippen LogP contribution in [0.4, 0.5) is 26.3 Å². The summed E-state index contributed by atoms with van der Waals surface area (Å²) < 4.78 is 89.4. The lowest BCUT2D eigenvalue weighted by molar-refractivity contribution is -0.274. The van der Waals surface area contributed by atoms with Gasteiger partial charge in [-0.05, 0) is 92.0 Å². The van der Waals surface area contributed by atoms with Crippen molar-refractivity contribution >= 4 is 0 Å². The first-order valence-electron chi connectivity index (χ1n) is 13.3. The molecule has 2 aliphatic carbocycles. The molecule has 37 heavy (non-hydrogen) atoms. The Balaban J connectivity index is 1.32. The molecule has 0 amide bonds. The van der Waals surface area contributed by atoms with Crippen molar-refractivity contribution in [3.05, 3.63) is 58.9 Å². The molecular formula is C29H34F6O2. The van der Waals surface area contributed by atoms with Crippen LogP contribution in [0.5, 0.6) is 11.5 Å². The van der Waals surface area contributed by atoms with E-state index < -0.39 is 41.9 Å². The van der Waals surface area contributed by atoms with Crippen LogP contribution in [0.3, 0.4) is 0 Å². The molecule has 0 aliphatic heterocycles. The predicted molar refractivity (Wildman–Crippen MR) is 129 cm³/mol. The van der Waals surface area contributed by atoms with Crippen molar-refractivity contribution in [3.8, 4) is 11.5 Å². The van der Waals surface area contributed by atoms with Crippen molar-refractivity contribution in [2.24, 2.45) is 17.8 Å².